The molecular weight excluding hydrogens is 138 g/mol. The van der Waals surface area contributed by atoms with Crippen LogP contribution in [0, 0.1) is 0 Å². The second kappa shape index (κ2) is 5.08. The maximum absolute atomic E-state index is 10.9. The minimum Gasteiger partial charge on any atom is -0.307 e. The van der Waals surface area contributed by atoms with Crippen LogP contribution in [-0.4, -0.2) is 18.9 Å². The smallest absolute Gasteiger partial charge is 0.150 e. The third-order valence-corrected chi connectivity index (χ3v) is 1.76. The highest BCUT2D eigenvalue weighted by Gasteiger charge is 2.06. The minimum absolute atomic E-state index is 0.102. The Labute approximate surface area is 68.7 Å². The Hall–Kier alpha value is -0.630. The molecule has 0 heterocycles. The molecule has 0 aromatic rings. The van der Waals surface area contributed by atoms with Crippen LogP contribution in [0.25, 0.3) is 0 Å². The van der Waals surface area contributed by atoms with Crippen molar-refractivity contribution in [2.75, 3.05) is 7.05 Å². The first-order chi connectivity index (χ1) is 5.11. The summed E-state index contributed by atoms with van der Waals surface area (Å²) in [6.45, 7) is 5.71. The summed E-state index contributed by atoms with van der Waals surface area (Å²) in [6, 6.07) is -0.102. The molecule has 0 saturated carbocycles. The van der Waals surface area contributed by atoms with Crippen LogP contribution in [0.2, 0.25) is 0 Å². The minimum atomic E-state index is -0.102. The van der Waals surface area contributed by atoms with Crippen molar-refractivity contribution in [1.82, 2.24) is 5.32 Å². The average molecular weight is 155 g/mol. The van der Waals surface area contributed by atoms with E-state index in [4.69, 9.17) is 0 Å². The van der Waals surface area contributed by atoms with Gasteiger partial charge in [-0.15, -0.1) is 0 Å². The Morgan fingerprint density at radius 3 is 2.36 bits per heavy atom. The van der Waals surface area contributed by atoms with Crippen molar-refractivity contribution in [2.45, 2.75) is 33.2 Å². The summed E-state index contributed by atoms with van der Waals surface area (Å²) < 4.78 is 0. The lowest BCUT2D eigenvalue weighted by Crippen LogP contribution is -2.30. The molecule has 0 bridgehead atoms. The van der Waals surface area contributed by atoms with Crippen LogP contribution >= 0.6 is 0 Å². The van der Waals surface area contributed by atoms with E-state index >= 15 is 0 Å². The molecule has 0 aromatic carbocycles. The molecule has 0 aliphatic heterocycles. The predicted octanol–water partition coefficient (Wildman–Crippen LogP) is 1.52. The summed E-state index contributed by atoms with van der Waals surface area (Å²) in [7, 11) is 1.80. The number of nitrogens with one attached hydrogen (secondary N) is 1. The Bertz CT molecular complexity index is 161. The van der Waals surface area contributed by atoms with E-state index in [0.717, 1.165) is 6.42 Å². The van der Waals surface area contributed by atoms with Crippen molar-refractivity contribution in [1.29, 1.82) is 0 Å². The Morgan fingerprint density at radius 1 is 1.55 bits per heavy atom. The Kier molecular flexibility index (Phi) is 4.79. The first kappa shape index (κ1) is 10.4. The van der Waals surface area contributed by atoms with Gasteiger partial charge >= 0.3 is 0 Å². The lowest BCUT2D eigenvalue weighted by atomic mass is 10.1. The molecule has 1 N–H and O–H groups in total. The van der Waals surface area contributed by atoms with Gasteiger partial charge in [0.15, 0.2) is 5.78 Å². The van der Waals surface area contributed by atoms with Gasteiger partial charge in [0.2, 0.25) is 0 Å². The van der Waals surface area contributed by atoms with E-state index < -0.39 is 0 Å². The van der Waals surface area contributed by atoms with Crippen LogP contribution in [0.5, 0.6) is 0 Å². The predicted molar refractivity (Wildman–Crippen MR) is 47.6 cm³/mol. The summed E-state index contributed by atoms with van der Waals surface area (Å²) in [5.74, 6) is 0.167. The highest BCUT2D eigenvalue weighted by Crippen LogP contribution is 2.00. The summed E-state index contributed by atoms with van der Waals surface area (Å²) in [6.07, 6.45) is 2.98. The van der Waals surface area contributed by atoms with Crippen LogP contribution < -0.4 is 5.32 Å². The number of hydrogen-bond donors (Lipinski definition) is 1. The van der Waals surface area contributed by atoms with Gasteiger partial charge < -0.3 is 5.32 Å². The molecule has 0 rings (SSSR count). The van der Waals surface area contributed by atoms with E-state index in [1.807, 2.05) is 13.0 Å². The molecule has 1 atom stereocenters. The van der Waals surface area contributed by atoms with Gasteiger partial charge in [-0.25, -0.2) is 0 Å². The van der Waals surface area contributed by atoms with Crippen LogP contribution in [0.1, 0.15) is 27.2 Å². The van der Waals surface area contributed by atoms with Gasteiger partial charge in [0.05, 0.1) is 6.04 Å². The zero-order valence-electron chi connectivity index (χ0n) is 7.77. The summed E-state index contributed by atoms with van der Waals surface area (Å²) >= 11 is 0. The van der Waals surface area contributed by atoms with Crippen molar-refractivity contribution in [3.63, 3.8) is 0 Å². The summed E-state index contributed by atoms with van der Waals surface area (Å²) in [5, 5.41) is 2.94. The van der Waals surface area contributed by atoms with E-state index in [1.54, 1.807) is 14.0 Å². The van der Waals surface area contributed by atoms with Gasteiger partial charge in [-0.3, -0.25) is 4.79 Å². The van der Waals surface area contributed by atoms with Crippen molar-refractivity contribution < 1.29 is 4.79 Å². The Balaban J connectivity index is 4.17. The lowest BCUT2D eigenvalue weighted by Gasteiger charge is -2.07. The highest BCUT2D eigenvalue weighted by atomic mass is 16.1. The normalized spacial score (nSPS) is 14.7. The number of Topliss-reactive ketones (excluding diaryl/α,β-unsaturated/α-hetero) is 1. The molecule has 0 amide bonds. The number of carbonyl (C=O) groups is 1. The molecule has 0 saturated heterocycles. The molecule has 0 radical (unpaired) electrons. The first-order valence-electron chi connectivity index (χ1n) is 3.96. The molecule has 2 heteroatoms. The average Bonchev–Trinajstić information content (AvgIpc) is 1.99. The number of rotatable bonds is 4. The molecule has 11 heavy (non-hydrogen) atoms. The molecule has 0 fully saturated rings. The summed E-state index contributed by atoms with van der Waals surface area (Å²) in [5.41, 5.74) is 1.25. The molecular formula is C9H17NO. The molecule has 1 unspecified atom stereocenters. The van der Waals surface area contributed by atoms with Crippen LogP contribution in [-0.2, 0) is 4.79 Å². The zero-order valence-corrected chi connectivity index (χ0v) is 7.77. The standard InChI is InChI=1S/C9H17NO/c1-5-7(2)6-9(10-4)8(3)11/h6,9-10H,5H2,1-4H3/b7-6-. The third-order valence-electron chi connectivity index (χ3n) is 1.76. The zero-order chi connectivity index (χ0) is 8.85. The van der Waals surface area contributed by atoms with Crippen molar-refractivity contribution in [3.05, 3.63) is 11.6 Å². The van der Waals surface area contributed by atoms with Crippen LogP contribution in [0.4, 0.5) is 0 Å². The van der Waals surface area contributed by atoms with Crippen LogP contribution in [0.15, 0.2) is 11.6 Å². The largest absolute Gasteiger partial charge is 0.307 e. The number of likely N-dealkylation sites (N-methyl/N-ethyl adjacent to an activating group) is 1. The van der Waals surface area contributed by atoms with E-state index in [0.29, 0.717) is 0 Å². The molecule has 2 nitrogen and oxygen atoms in total. The number of ketones is 1. The fourth-order valence-corrected chi connectivity index (χ4v) is 0.806. The van der Waals surface area contributed by atoms with Crippen molar-refractivity contribution >= 4 is 5.78 Å². The second-order valence-electron chi connectivity index (χ2n) is 2.74. The van der Waals surface area contributed by atoms with Gasteiger partial charge in [0.25, 0.3) is 0 Å². The number of carbonyl (C=O) groups excluding carboxylic acids is 1. The van der Waals surface area contributed by atoms with E-state index in [1.165, 1.54) is 5.57 Å². The molecule has 64 valence electrons. The molecule has 0 aliphatic rings. The number of allylic oxidation sites excluding steroid dienone is 1. The third kappa shape index (κ3) is 3.94. The molecule has 0 aromatic heterocycles. The fourth-order valence-electron chi connectivity index (χ4n) is 0.806. The van der Waals surface area contributed by atoms with E-state index in [9.17, 15) is 4.79 Å². The van der Waals surface area contributed by atoms with Gasteiger partial charge in [0, 0.05) is 0 Å². The van der Waals surface area contributed by atoms with Gasteiger partial charge in [-0.05, 0) is 27.3 Å². The van der Waals surface area contributed by atoms with Gasteiger partial charge in [-0.2, -0.15) is 0 Å². The van der Waals surface area contributed by atoms with Gasteiger partial charge in [0.1, 0.15) is 0 Å². The Morgan fingerprint density at radius 2 is 2.09 bits per heavy atom. The maximum Gasteiger partial charge on any atom is 0.150 e. The quantitative estimate of drug-likeness (QED) is 0.624. The second-order valence-corrected chi connectivity index (χ2v) is 2.74. The highest BCUT2D eigenvalue weighted by molar-refractivity contribution is 5.83. The topological polar surface area (TPSA) is 29.1 Å². The van der Waals surface area contributed by atoms with Crippen molar-refractivity contribution in [2.24, 2.45) is 0 Å². The lowest BCUT2D eigenvalue weighted by molar-refractivity contribution is -0.117. The molecule has 0 spiro atoms. The maximum atomic E-state index is 10.9. The monoisotopic (exact) mass is 155 g/mol. The summed E-state index contributed by atoms with van der Waals surface area (Å²) in [4.78, 5) is 10.9. The van der Waals surface area contributed by atoms with E-state index in [2.05, 4.69) is 12.2 Å². The van der Waals surface area contributed by atoms with Crippen molar-refractivity contribution in [3.8, 4) is 0 Å². The number of hydrogen-bond acceptors (Lipinski definition) is 2. The van der Waals surface area contributed by atoms with Crippen LogP contribution in [0.3, 0.4) is 0 Å². The van der Waals surface area contributed by atoms with E-state index in [-0.39, 0.29) is 11.8 Å². The molecule has 0 aliphatic carbocycles. The SMILES string of the molecule is CC/C(C)=C\C(NC)C(C)=O. The van der Waals surface area contributed by atoms with Gasteiger partial charge in [-0.1, -0.05) is 18.6 Å². The first-order valence-corrected chi connectivity index (χ1v) is 3.96. The fraction of sp³-hybridized carbons (Fsp3) is 0.667.